The Hall–Kier alpha value is -2.20. The Bertz CT molecular complexity index is 543. The predicted molar refractivity (Wildman–Crippen MR) is 82.0 cm³/mol. The number of nitrogens with one attached hydrogen (secondary N) is 1. The molecule has 0 saturated carbocycles. The van der Waals surface area contributed by atoms with Crippen LogP contribution in [0.1, 0.15) is 17.0 Å². The summed E-state index contributed by atoms with van der Waals surface area (Å²) in [6.45, 7) is 1.38. The molecule has 0 bridgehead atoms. The van der Waals surface area contributed by atoms with Gasteiger partial charge in [0.25, 0.3) is 0 Å². The summed E-state index contributed by atoms with van der Waals surface area (Å²) in [7, 11) is 1.43. The van der Waals surface area contributed by atoms with Crippen molar-refractivity contribution in [3.63, 3.8) is 0 Å². The number of methoxy groups -OCH3 is 1. The lowest BCUT2D eigenvalue weighted by Gasteiger charge is -2.15. The fourth-order valence-corrected chi connectivity index (χ4v) is 2.19. The van der Waals surface area contributed by atoms with E-state index in [1.165, 1.54) is 12.7 Å². The average Bonchev–Trinajstić information content (AvgIpc) is 2.56. The van der Waals surface area contributed by atoms with Gasteiger partial charge in [-0.05, 0) is 36.2 Å². The maximum absolute atomic E-state index is 11.9. The molecule has 0 aliphatic heterocycles. The van der Waals surface area contributed by atoms with Crippen LogP contribution in [-0.4, -0.2) is 31.2 Å². The summed E-state index contributed by atoms with van der Waals surface area (Å²) >= 11 is 0. The first-order valence-corrected chi connectivity index (χ1v) is 7.03. The fraction of sp³-hybridized carbons (Fsp3) is 0.294. The molecule has 1 aromatic heterocycles. The third-order valence-corrected chi connectivity index (χ3v) is 3.38. The smallest absolute Gasteiger partial charge is 0.314 e. The highest BCUT2D eigenvalue weighted by Gasteiger charge is 2.20. The van der Waals surface area contributed by atoms with Gasteiger partial charge in [-0.1, -0.05) is 30.3 Å². The number of benzene rings is 1. The van der Waals surface area contributed by atoms with Crippen LogP contribution < -0.4 is 5.32 Å². The highest BCUT2D eigenvalue weighted by atomic mass is 16.5. The number of esters is 1. The minimum atomic E-state index is -0.270. The molecular formula is C17H20N2O2. The number of carbonyl (C=O) groups is 1. The van der Waals surface area contributed by atoms with Crippen molar-refractivity contribution in [1.29, 1.82) is 0 Å². The Morgan fingerprint density at radius 3 is 2.57 bits per heavy atom. The molecule has 4 nitrogen and oxygen atoms in total. The molecule has 0 radical (unpaired) electrons. The summed E-state index contributed by atoms with van der Waals surface area (Å²) in [5.41, 5.74) is 2.20. The standard InChI is InChI=1S/C17H20N2O2/c1-21-17(20)16(15-5-3-2-4-6-15)13-19-12-9-14-7-10-18-11-8-14/h2-8,10-11,16,19H,9,12-13H2,1H3. The molecule has 0 saturated heterocycles. The highest BCUT2D eigenvalue weighted by molar-refractivity contribution is 5.78. The maximum atomic E-state index is 11.9. The van der Waals surface area contributed by atoms with Crippen molar-refractivity contribution in [1.82, 2.24) is 10.3 Å². The molecule has 0 aliphatic carbocycles. The van der Waals surface area contributed by atoms with E-state index in [1.807, 2.05) is 42.5 Å². The van der Waals surface area contributed by atoms with Gasteiger partial charge in [-0.15, -0.1) is 0 Å². The van der Waals surface area contributed by atoms with E-state index in [9.17, 15) is 4.79 Å². The summed E-state index contributed by atoms with van der Waals surface area (Å²) in [6.07, 6.45) is 4.48. The zero-order valence-electron chi connectivity index (χ0n) is 12.2. The lowest BCUT2D eigenvalue weighted by atomic mass is 9.99. The highest BCUT2D eigenvalue weighted by Crippen LogP contribution is 2.16. The van der Waals surface area contributed by atoms with Crippen molar-refractivity contribution in [2.75, 3.05) is 20.2 Å². The molecule has 0 fully saturated rings. The first-order valence-electron chi connectivity index (χ1n) is 7.03. The number of carbonyl (C=O) groups excluding carboxylic acids is 1. The molecule has 0 aliphatic rings. The lowest BCUT2D eigenvalue weighted by molar-refractivity contribution is -0.142. The molecule has 0 spiro atoms. The zero-order chi connectivity index (χ0) is 14.9. The summed E-state index contributed by atoms with van der Waals surface area (Å²) in [6, 6.07) is 13.7. The van der Waals surface area contributed by atoms with Gasteiger partial charge < -0.3 is 10.1 Å². The Labute approximate surface area is 125 Å². The van der Waals surface area contributed by atoms with Gasteiger partial charge in [-0.3, -0.25) is 9.78 Å². The van der Waals surface area contributed by atoms with Crippen molar-refractivity contribution >= 4 is 5.97 Å². The van der Waals surface area contributed by atoms with Crippen molar-refractivity contribution in [3.05, 3.63) is 66.0 Å². The van der Waals surface area contributed by atoms with Crippen LogP contribution in [0.4, 0.5) is 0 Å². The number of aromatic nitrogens is 1. The summed E-state index contributed by atoms with van der Waals surface area (Å²) < 4.78 is 4.89. The molecule has 2 rings (SSSR count). The predicted octanol–water partition coefficient (Wildman–Crippen LogP) is 2.17. The normalized spacial score (nSPS) is 11.9. The van der Waals surface area contributed by atoms with Crippen molar-refractivity contribution < 1.29 is 9.53 Å². The van der Waals surface area contributed by atoms with Gasteiger partial charge in [0.05, 0.1) is 13.0 Å². The number of hydrogen-bond donors (Lipinski definition) is 1. The molecule has 110 valence electrons. The van der Waals surface area contributed by atoms with Gasteiger partial charge in [0.2, 0.25) is 0 Å². The number of rotatable bonds is 7. The van der Waals surface area contributed by atoms with Crippen LogP contribution in [-0.2, 0) is 16.0 Å². The molecule has 2 aromatic rings. The van der Waals surface area contributed by atoms with Crippen molar-refractivity contribution in [2.24, 2.45) is 0 Å². The minimum absolute atomic E-state index is 0.211. The van der Waals surface area contributed by atoms with E-state index in [4.69, 9.17) is 4.74 Å². The second-order valence-electron chi connectivity index (χ2n) is 4.80. The van der Waals surface area contributed by atoms with E-state index in [2.05, 4.69) is 10.3 Å². The SMILES string of the molecule is COC(=O)C(CNCCc1ccncc1)c1ccccc1. The topological polar surface area (TPSA) is 51.2 Å². The number of ether oxygens (including phenoxy) is 1. The lowest BCUT2D eigenvalue weighted by Crippen LogP contribution is -2.29. The van der Waals surface area contributed by atoms with Crippen LogP contribution in [0, 0.1) is 0 Å². The van der Waals surface area contributed by atoms with E-state index in [0.717, 1.165) is 18.5 Å². The summed E-state index contributed by atoms with van der Waals surface area (Å²) in [5.74, 6) is -0.480. The van der Waals surface area contributed by atoms with E-state index in [0.29, 0.717) is 6.54 Å². The van der Waals surface area contributed by atoms with Crippen LogP contribution in [0.15, 0.2) is 54.9 Å². The Kier molecular flexibility index (Phi) is 5.91. The second-order valence-corrected chi connectivity index (χ2v) is 4.80. The fourth-order valence-electron chi connectivity index (χ4n) is 2.19. The first kappa shape index (κ1) is 15.2. The molecule has 1 N–H and O–H groups in total. The maximum Gasteiger partial charge on any atom is 0.314 e. The van der Waals surface area contributed by atoms with Gasteiger partial charge >= 0.3 is 5.97 Å². The molecule has 0 amide bonds. The molecule has 4 heteroatoms. The number of pyridine rings is 1. The van der Waals surface area contributed by atoms with E-state index < -0.39 is 0 Å². The Morgan fingerprint density at radius 2 is 1.90 bits per heavy atom. The minimum Gasteiger partial charge on any atom is -0.469 e. The molecule has 1 atom stereocenters. The average molecular weight is 284 g/mol. The summed E-state index contributed by atoms with van der Waals surface area (Å²) in [5, 5.41) is 3.33. The molecule has 1 unspecified atom stereocenters. The second kappa shape index (κ2) is 8.17. The van der Waals surface area contributed by atoms with E-state index in [-0.39, 0.29) is 11.9 Å². The first-order chi connectivity index (χ1) is 10.3. The van der Waals surface area contributed by atoms with Crippen LogP contribution in [0.3, 0.4) is 0 Å². The van der Waals surface area contributed by atoms with Gasteiger partial charge in [0.1, 0.15) is 0 Å². The van der Waals surface area contributed by atoms with Gasteiger partial charge in [-0.2, -0.15) is 0 Å². The van der Waals surface area contributed by atoms with E-state index >= 15 is 0 Å². The van der Waals surface area contributed by atoms with Crippen LogP contribution in [0.5, 0.6) is 0 Å². The third kappa shape index (κ3) is 4.68. The summed E-state index contributed by atoms with van der Waals surface area (Å²) in [4.78, 5) is 15.9. The van der Waals surface area contributed by atoms with Crippen molar-refractivity contribution in [3.8, 4) is 0 Å². The van der Waals surface area contributed by atoms with Gasteiger partial charge in [0.15, 0.2) is 0 Å². The van der Waals surface area contributed by atoms with Crippen molar-refractivity contribution in [2.45, 2.75) is 12.3 Å². The molecular weight excluding hydrogens is 264 g/mol. The molecule has 1 aromatic carbocycles. The largest absolute Gasteiger partial charge is 0.469 e. The van der Waals surface area contributed by atoms with Crippen LogP contribution in [0.2, 0.25) is 0 Å². The third-order valence-electron chi connectivity index (χ3n) is 3.38. The van der Waals surface area contributed by atoms with Gasteiger partial charge in [0, 0.05) is 18.9 Å². The Morgan fingerprint density at radius 1 is 1.19 bits per heavy atom. The molecule has 1 heterocycles. The Balaban J connectivity index is 1.87. The van der Waals surface area contributed by atoms with Crippen LogP contribution in [0.25, 0.3) is 0 Å². The quantitative estimate of drug-likeness (QED) is 0.625. The number of hydrogen-bond acceptors (Lipinski definition) is 4. The molecule has 21 heavy (non-hydrogen) atoms. The van der Waals surface area contributed by atoms with E-state index in [1.54, 1.807) is 12.4 Å². The monoisotopic (exact) mass is 284 g/mol. The van der Waals surface area contributed by atoms with Crippen LogP contribution >= 0.6 is 0 Å². The zero-order valence-corrected chi connectivity index (χ0v) is 12.2. The number of nitrogens with zero attached hydrogens (tertiary/aromatic N) is 1. The van der Waals surface area contributed by atoms with Gasteiger partial charge in [-0.25, -0.2) is 0 Å².